The fourth-order valence-corrected chi connectivity index (χ4v) is 2.76. The molecule has 0 atom stereocenters. The van der Waals surface area contributed by atoms with Crippen molar-refractivity contribution in [3.63, 3.8) is 0 Å². The fourth-order valence-electron chi connectivity index (χ4n) is 2.76. The van der Waals surface area contributed by atoms with Gasteiger partial charge in [0, 0.05) is 0 Å². The van der Waals surface area contributed by atoms with Gasteiger partial charge in [-0.2, -0.15) is 5.26 Å². The molecule has 0 spiro atoms. The molecule has 3 amide bonds. The normalized spacial score (nSPS) is 14.7. The average molecular weight is 377 g/mol. The summed E-state index contributed by atoms with van der Waals surface area (Å²) in [6.07, 6.45) is 1.59. The van der Waals surface area contributed by atoms with E-state index < -0.39 is 11.9 Å². The van der Waals surface area contributed by atoms with Crippen LogP contribution in [0.4, 0.5) is 4.79 Å². The molecule has 1 heterocycles. The van der Waals surface area contributed by atoms with Gasteiger partial charge in [-0.1, -0.05) is 36.4 Å². The van der Waals surface area contributed by atoms with E-state index in [1.807, 2.05) is 43.3 Å². The van der Waals surface area contributed by atoms with Crippen molar-refractivity contribution in [1.82, 2.24) is 10.2 Å². The van der Waals surface area contributed by atoms with E-state index in [4.69, 9.17) is 14.7 Å². The van der Waals surface area contributed by atoms with Gasteiger partial charge in [-0.15, -0.1) is 0 Å². The molecule has 7 heteroatoms. The zero-order chi connectivity index (χ0) is 19.9. The van der Waals surface area contributed by atoms with Gasteiger partial charge in [0.1, 0.15) is 11.8 Å². The number of nitrogens with zero attached hydrogens (tertiary/aromatic N) is 2. The molecule has 0 aliphatic carbocycles. The number of imide groups is 1. The number of rotatable bonds is 7. The molecule has 142 valence electrons. The fraction of sp³-hybridized carbons (Fsp3) is 0.190. The second-order valence-electron chi connectivity index (χ2n) is 5.95. The molecular formula is C21H19N3O4. The van der Waals surface area contributed by atoms with Crippen molar-refractivity contribution in [3.05, 3.63) is 65.4 Å². The molecule has 0 radical (unpaired) electrons. The zero-order valence-corrected chi connectivity index (χ0v) is 15.3. The Morgan fingerprint density at radius 2 is 1.89 bits per heavy atom. The van der Waals surface area contributed by atoms with Crippen molar-refractivity contribution in [2.75, 3.05) is 13.2 Å². The van der Waals surface area contributed by atoms with Crippen molar-refractivity contribution < 1.29 is 19.1 Å². The number of benzene rings is 2. The highest BCUT2D eigenvalue weighted by Gasteiger charge is 2.33. The summed E-state index contributed by atoms with van der Waals surface area (Å²) in [5, 5.41) is 11.3. The standard InChI is InChI=1S/C21H19N3O4/c1-2-27-19-13-16(8-9-18(19)28-11-10-22)12-17-20(25)24(21(26)23-17)14-15-6-4-3-5-7-15/h3-9,12-13H,2,11,14H2,1H3,(H,23,26)/b17-12-. The summed E-state index contributed by atoms with van der Waals surface area (Å²) in [6, 6.07) is 15.8. The van der Waals surface area contributed by atoms with Gasteiger partial charge in [0.2, 0.25) is 0 Å². The Bertz CT molecular complexity index is 948. The largest absolute Gasteiger partial charge is 0.490 e. The SMILES string of the molecule is CCOc1cc(/C=C2\NC(=O)N(Cc3ccccc3)C2=O)ccc1OCC#N. The Kier molecular flexibility index (Phi) is 5.92. The van der Waals surface area contributed by atoms with Gasteiger partial charge < -0.3 is 14.8 Å². The molecule has 3 rings (SSSR count). The molecule has 7 nitrogen and oxygen atoms in total. The minimum atomic E-state index is -0.459. The molecule has 0 aromatic heterocycles. The lowest BCUT2D eigenvalue weighted by molar-refractivity contribution is -0.123. The van der Waals surface area contributed by atoms with Crippen LogP contribution in [-0.2, 0) is 11.3 Å². The van der Waals surface area contributed by atoms with Crippen LogP contribution in [0.5, 0.6) is 11.5 Å². The summed E-state index contributed by atoms with van der Waals surface area (Å²) in [4.78, 5) is 26.0. The van der Waals surface area contributed by atoms with Crippen molar-refractivity contribution in [2.24, 2.45) is 0 Å². The Balaban J connectivity index is 1.81. The highest BCUT2D eigenvalue weighted by atomic mass is 16.5. The number of ether oxygens (including phenoxy) is 2. The lowest BCUT2D eigenvalue weighted by Gasteiger charge is -2.11. The third kappa shape index (κ3) is 4.30. The van der Waals surface area contributed by atoms with Gasteiger partial charge >= 0.3 is 6.03 Å². The Labute approximate surface area is 162 Å². The number of hydrogen-bond acceptors (Lipinski definition) is 5. The second-order valence-corrected chi connectivity index (χ2v) is 5.95. The Hall–Kier alpha value is -3.79. The van der Waals surface area contributed by atoms with Crippen LogP contribution in [0.3, 0.4) is 0 Å². The van der Waals surface area contributed by atoms with E-state index in [1.54, 1.807) is 24.3 Å². The van der Waals surface area contributed by atoms with E-state index in [1.165, 1.54) is 0 Å². The van der Waals surface area contributed by atoms with E-state index in [-0.39, 0.29) is 18.8 Å². The van der Waals surface area contributed by atoms with Gasteiger partial charge in [0.05, 0.1) is 13.2 Å². The molecule has 1 aliphatic heterocycles. The molecule has 2 aromatic carbocycles. The lowest BCUT2D eigenvalue weighted by atomic mass is 10.1. The third-order valence-electron chi connectivity index (χ3n) is 4.02. The maximum absolute atomic E-state index is 12.6. The van der Waals surface area contributed by atoms with Crippen molar-refractivity contribution in [2.45, 2.75) is 13.5 Å². The summed E-state index contributed by atoms with van der Waals surface area (Å²) in [5.41, 5.74) is 1.72. The zero-order valence-electron chi connectivity index (χ0n) is 15.3. The predicted octanol–water partition coefficient (Wildman–Crippen LogP) is 3.08. The second kappa shape index (κ2) is 8.73. The highest BCUT2D eigenvalue weighted by Crippen LogP contribution is 2.29. The average Bonchev–Trinajstić information content (AvgIpc) is 2.96. The van der Waals surface area contributed by atoms with Gasteiger partial charge in [0.15, 0.2) is 18.1 Å². The molecule has 0 bridgehead atoms. The maximum atomic E-state index is 12.6. The van der Waals surface area contributed by atoms with Crippen LogP contribution in [0.2, 0.25) is 0 Å². The van der Waals surface area contributed by atoms with Gasteiger partial charge in [-0.25, -0.2) is 4.79 Å². The molecule has 1 saturated heterocycles. The van der Waals surface area contributed by atoms with Crippen LogP contribution in [-0.4, -0.2) is 30.1 Å². The van der Waals surface area contributed by atoms with Crippen molar-refractivity contribution in [3.8, 4) is 17.6 Å². The molecular weight excluding hydrogens is 358 g/mol. The Morgan fingerprint density at radius 3 is 2.61 bits per heavy atom. The topological polar surface area (TPSA) is 91.7 Å². The van der Waals surface area contributed by atoms with Gasteiger partial charge in [-0.3, -0.25) is 9.69 Å². The molecule has 0 saturated carbocycles. The number of urea groups is 1. The summed E-state index contributed by atoms with van der Waals surface area (Å²) in [7, 11) is 0. The van der Waals surface area contributed by atoms with Gasteiger partial charge in [0.25, 0.3) is 5.91 Å². The van der Waals surface area contributed by atoms with Crippen LogP contribution >= 0.6 is 0 Å². The number of nitrogens with one attached hydrogen (secondary N) is 1. The maximum Gasteiger partial charge on any atom is 0.329 e. The monoisotopic (exact) mass is 377 g/mol. The van der Waals surface area contributed by atoms with E-state index in [9.17, 15) is 9.59 Å². The molecule has 2 aromatic rings. The summed E-state index contributed by atoms with van der Waals surface area (Å²) < 4.78 is 10.9. The quantitative estimate of drug-likeness (QED) is 0.591. The van der Waals surface area contributed by atoms with Crippen LogP contribution in [0.1, 0.15) is 18.1 Å². The molecule has 1 N–H and O–H groups in total. The smallest absolute Gasteiger partial charge is 0.329 e. The lowest BCUT2D eigenvalue weighted by Crippen LogP contribution is -2.30. The number of hydrogen-bond donors (Lipinski definition) is 1. The van der Waals surface area contributed by atoms with Gasteiger partial charge in [-0.05, 0) is 36.3 Å². The van der Waals surface area contributed by atoms with Crippen LogP contribution < -0.4 is 14.8 Å². The molecule has 28 heavy (non-hydrogen) atoms. The summed E-state index contributed by atoms with van der Waals surface area (Å²) in [6.45, 7) is 2.36. The number of carbonyl (C=O) groups is 2. The predicted molar refractivity (Wildman–Crippen MR) is 102 cm³/mol. The van der Waals surface area contributed by atoms with E-state index in [0.29, 0.717) is 23.7 Å². The first-order chi connectivity index (χ1) is 13.6. The van der Waals surface area contributed by atoms with Crippen molar-refractivity contribution in [1.29, 1.82) is 5.26 Å². The third-order valence-corrected chi connectivity index (χ3v) is 4.02. The first kappa shape index (κ1) is 19.0. The van der Waals surface area contributed by atoms with Crippen molar-refractivity contribution >= 4 is 18.0 Å². The molecule has 1 fully saturated rings. The summed E-state index contributed by atoms with van der Waals surface area (Å²) >= 11 is 0. The number of amides is 3. The highest BCUT2D eigenvalue weighted by molar-refractivity contribution is 6.13. The Morgan fingerprint density at radius 1 is 1.11 bits per heavy atom. The minimum absolute atomic E-state index is 0.0938. The molecule has 1 aliphatic rings. The first-order valence-corrected chi connectivity index (χ1v) is 8.77. The van der Waals surface area contributed by atoms with E-state index in [0.717, 1.165) is 10.5 Å². The van der Waals surface area contributed by atoms with E-state index in [2.05, 4.69) is 5.32 Å². The summed E-state index contributed by atoms with van der Waals surface area (Å²) in [5.74, 6) is 0.514. The number of carbonyl (C=O) groups excluding carboxylic acids is 2. The molecule has 0 unspecified atom stereocenters. The van der Waals surface area contributed by atoms with E-state index >= 15 is 0 Å². The number of nitriles is 1. The van der Waals surface area contributed by atoms with Crippen LogP contribution in [0.15, 0.2) is 54.2 Å². The minimum Gasteiger partial charge on any atom is -0.490 e. The van der Waals surface area contributed by atoms with Crippen LogP contribution in [0, 0.1) is 11.3 Å². The van der Waals surface area contributed by atoms with Crippen LogP contribution in [0.25, 0.3) is 6.08 Å². The first-order valence-electron chi connectivity index (χ1n) is 8.77.